The fourth-order valence-corrected chi connectivity index (χ4v) is 5.03. The molecular formula is C18H15N3O13S3. The standard InChI is InChI=1S/C18H15N3O13S3/c22-16-4-1-10-7-11(36(28,29)30)2-3-13(10)17(16)20-19-14-8-12(9-15(18(14)23)21(24)25)35(26,27)6-5-34-37(31,32)33/h1-4,7-9,22-23H,5-6H2,(H,28,29,30)(H,31,32,33). The maximum Gasteiger partial charge on any atom is 0.397 e. The van der Waals surface area contributed by atoms with Gasteiger partial charge in [0.2, 0.25) is 5.75 Å². The van der Waals surface area contributed by atoms with Gasteiger partial charge in [-0.3, -0.25) is 19.2 Å². The van der Waals surface area contributed by atoms with Crippen LogP contribution in [0.2, 0.25) is 0 Å². The van der Waals surface area contributed by atoms with Gasteiger partial charge in [-0.25, -0.2) is 12.6 Å². The Labute approximate surface area is 208 Å². The van der Waals surface area contributed by atoms with E-state index in [2.05, 4.69) is 14.4 Å². The van der Waals surface area contributed by atoms with Crippen molar-refractivity contribution in [3.63, 3.8) is 0 Å². The molecule has 19 heteroatoms. The summed E-state index contributed by atoms with van der Waals surface area (Å²) < 4.78 is 90.8. The van der Waals surface area contributed by atoms with E-state index in [1.165, 1.54) is 12.1 Å². The molecule has 4 N–H and O–H groups in total. The molecule has 0 aliphatic heterocycles. The third-order valence-corrected chi connectivity index (χ3v) is 7.65. The summed E-state index contributed by atoms with van der Waals surface area (Å²) in [6.45, 7) is -1.03. The normalized spacial score (nSPS) is 12.8. The zero-order valence-corrected chi connectivity index (χ0v) is 20.4. The molecule has 0 fully saturated rings. The second-order valence-electron chi connectivity index (χ2n) is 7.13. The molecule has 0 spiro atoms. The van der Waals surface area contributed by atoms with Crippen molar-refractivity contribution in [3.8, 4) is 11.5 Å². The molecule has 0 amide bonds. The van der Waals surface area contributed by atoms with Gasteiger partial charge in [-0.05, 0) is 29.7 Å². The number of benzene rings is 3. The van der Waals surface area contributed by atoms with Crippen LogP contribution >= 0.6 is 0 Å². The Bertz CT molecular complexity index is 1770. The fourth-order valence-electron chi connectivity index (χ4n) is 2.99. The first-order chi connectivity index (χ1) is 17.0. The van der Waals surface area contributed by atoms with Crippen molar-refractivity contribution >= 4 is 58.2 Å². The summed E-state index contributed by atoms with van der Waals surface area (Å²) in [4.78, 5) is 9.00. The Morgan fingerprint density at radius 1 is 0.892 bits per heavy atom. The monoisotopic (exact) mass is 577 g/mol. The number of nitro benzene ring substituents is 1. The molecule has 0 radical (unpaired) electrons. The Morgan fingerprint density at radius 2 is 1.57 bits per heavy atom. The molecule has 0 aliphatic rings. The van der Waals surface area contributed by atoms with Gasteiger partial charge in [0.05, 0.1) is 27.1 Å². The van der Waals surface area contributed by atoms with Crippen LogP contribution in [0.1, 0.15) is 0 Å². The fraction of sp³-hybridized carbons (Fsp3) is 0.111. The quantitative estimate of drug-likeness (QED) is 0.123. The molecule has 37 heavy (non-hydrogen) atoms. The van der Waals surface area contributed by atoms with Gasteiger partial charge in [-0.1, -0.05) is 12.1 Å². The SMILES string of the molecule is O=[N+]([O-])c1cc(S(=O)(=O)CCOS(=O)(=O)O)cc(N=Nc2c(O)ccc3cc(S(=O)(=O)O)ccc23)c1O. The van der Waals surface area contributed by atoms with Crippen LogP contribution in [0.3, 0.4) is 0 Å². The van der Waals surface area contributed by atoms with E-state index in [-0.39, 0.29) is 16.5 Å². The van der Waals surface area contributed by atoms with Gasteiger partial charge >= 0.3 is 16.1 Å². The predicted octanol–water partition coefficient (Wildman–Crippen LogP) is 2.41. The van der Waals surface area contributed by atoms with E-state index in [0.29, 0.717) is 12.1 Å². The van der Waals surface area contributed by atoms with Gasteiger partial charge in [-0.2, -0.15) is 16.8 Å². The van der Waals surface area contributed by atoms with Gasteiger partial charge in [0, 0.05) is 11.5 Å². The first kappa shape index (κ1) is 27.8. The summed E-state index contributed by atoms with van der Waals surface area (Å²) >= 11 is 0. The summed E-state index contributed by atoms with van der Waals surface area (Å²) in [7, 11) is -14.0. The molecule has 3 aromatic rings. The van der Waals surface area contributed by atoms with Crippen LogP contribution in [0, 0.1) is 10.1 Å². The number of rotatable bonds is 9. The number of phenols is 2. The summed E-state index contributed by atoms with van der Waals surface area (Å²) in [5.41, 5.74) is -2.11. The van der Waals surface area contributed by atoms with Crippen molar-refractivity contribution in [2.75, 3.05) is 12.4 Å². The van der Waals surface area contributed by atoms with E-state index in [1.54, 1.807) is 0 Å². The lowest BCUT2D eigenvalue weighted by Crippen LogP contribution is -2.15. The van der Waals surface area contributed by atoms with Crippen molar-refractivity contribution in [3.05, 3.63) is 52.6 Å². The number of aromatic hydroxyl groups is 2. The second-order valence-corrected chi connectivity index (χ2v) is 11.7. The van der Waals surface area contributed by atoms with E-state index >= 15 is 0 Å². The highest BCUT2D eigenvalue weighted by molar-refractivity contribution is 7.91. The van der Waals surface area contributed by atoms with Crippen LogP contribution in [0.15, 0.2) is 62.5 Å². The average molecular weight is 578 g/mol. The first-order valence-corrected chi connectivity index (χ1v) is 14.0. The number of fused-ring (bicyclic) bond motifs is 1. The smallest absolute Gasteiger partial charge is 0.397 e. The molecule has 0 aliphatic carbocycles. The number of phenolic OH excluding ortho intramolecular Hbond substituents is 2. The molecule has 16 nitrogen and oxygen atoms in total. The van der Waals surface area contributed by atoms with Crippen LogP contribution < -0.4 is 0 Å². The topological polar surface area (TPSA) is 260 Å². The third kappa shape index (κ3) is 6.53. The van der Waals surface area contributed by atoms with Gasteiger partial charge < -0.3 is 10.2 Å². The number of hydrogen-bond acceptors (Lipinski definition) is 13. The lowest BCUT2D eigenvalue weighted by Gasteiger charge is -2.08. The molecular weight excluding hydrogens is 562 g/mol. The van der Waals surface area contributed by atoms with Crippen LogP contribution in [0.4, 0.5) is 17.1 Å². The van der Waals surface area contributed by atoms with Crippen LogP contribution in [-0.4, -0.2) is 61.9 Å². The second kappa shape index (κ2) is 9.95. The Hall–Kier alpha value is -3.75. The zero-order valence-electron chi connectivity index (χ0n) is 18.0. The lowest BCUT2D eigenvalue weighted by atomic mass is 10.1. The highest BCUT2D eigenvalue weighted by Gasteiger charge is 2.26. The number of hydrogen-bond donors (Lipinski definition) is 4. The molecule has 198 valence electrons. The van der Waals surface area contributed by atoms with Crippen molar-refractivity contribution in [2.24, 2.45) is 10.2 Å². The predicted molar refractivity (Wildman–Crippen MR) is 124 cm³/mol. The summed E-state index contributed by atoms with van der Waals surface area (Å²) in [6.07, 6.45) is 0. The summed E-state index contributed by atoms with van der Waals surface area (Å²) in [5, 5.41) is 39.4. The highest BCUT2D eigenvalue weighted by Crippen LogP contribution is 2.42. The maximum atomic E-state index is 12.5. The molecule has 0 unspecified atom stereocenters. The minimum atomic E-state index is -4.95. The minimum Gasteiger partial charge on any atom is -0.506 e. The molecule has 0 heterocycles. The maximum absolute atomic E-state index is 12.5. The number of nitro groups is 1. The number of sulfone groups is 1. The van der Waals surface area contributed by atoms with Gasteiger partial charge in [0.1, 0.15) is 17.1 Å². The van der Waals surface area contributed by atoms with E-state index in [9.17, 15) is 50.1 Å². The van der Waals surface area contributed by atoms with Gasteiger partial charge in [-0.15, -0.1) is 10.2 Å². The van der Waals surface area contributed by atoms with E-state index < -0.39 is 80.3 Å². The molecule has 0 saturated carbocycles. The Balaban J connectivity index is 2.11. The van der Waals surface area contributed by atoms with E-state index in [1.807, 2.05) is 0 Å². The summed E-state index contributed by atoms with van der Waals surface area (Å²) in [5.74, 6) is -2.61. The number of azo groups is 1. The highest BCUT2D eigenvalue weighted by atomic mass is 32.3. The minimum absolute atomic E-state index is 0.108. The van der Waals surface area contributed by atoms with Gasteiger partial charge in [0.25, 0.3) is 10.1 Å². The van der Waals surface area contributed by atoms with Crippen LogP contribution in [0.25, 0.3) is 10.8 Å². The molecule has 3 rings (SSSR count). The van der Waals surface area contributed by atoms with Gasteiger partial charge in [0.15, 0.2) is 9.84 Å². The lowest BCUT2D eigenvalue weighted by molar-refractivity contribution is -0.386. The molecule has 0 bridgehead atoms. The third-order valence-electron chi connectivity index (χ3n) is 4.68. The Kier molecular flexibility index (Phi) is 7.49. The van der Waals surface area contributed by atoms with Crippen molar-refractivity contribution < 1.29 is 53.7 Å². The first-order valence-electron chi connectivity index (χ1n) is 9.50. The molecule has 0 aromatic heterocycles. The Morgan fingerprint density at radius 3 is 2.16 bits per heavy atom. The van der Waals surface area contributed by atoms with Crippen molar-refractivity contribution in [1.29, 1.82) is 0 Å². The average Bonchev–Trinajstić information content (AvgIpc) is 2.77. The largest absolute Gasteiger partial charge is 0.506 e. The van der Waals surface area contributed by atoms with E-state index in [4.69, 9.17) is 4.55 Å². The van der Waals surface area contributed by atoms with Crippen LogP contribution in [-0.2, 0) is 34.5 Å². The molecule has 0 atom stereocenters. The van der Waals surface area contributed by atoms with E-state index in [0.717, 1.165) is 18.2 Å². The zero-order chi connectivity index (χ0) is 27.8. The van der Waals surface area contributed by atoms with Crippen molar-refractivity contribution in [1.82, 2.24) is 0 Å². The van der Waals surface area contributed by atoms with Crippen LogP contribution in [0.5, 0.6) is 11.5 Å². The summed E-state index contributed by atoms with van der Waals surface area (Å²) in [6, 6.07) is 6.81. The molecule has 3 aromatic carbocycles. The molecule has 0 saturated heterocycles. The number of nitrogens with zero attached hydrogens (tertiary/aromatic N) is 3. The van der Waals surface area contributed by atoms with Crippen molar-refractivity contribution in [2.45, 2.75) is 9.79 Å².